The van der Waals surface area contributed by atoms with Gasteiger partial charge in [0.25, 0.3) is 11.5 Å². The minimum absolute atomic E-state index is 0.0571. The summed E-state index contributed by atoms with van der Waals surface area (Å²) < 4.78 is 6.42. The van der Waals surface area contributed by atoms with Crippen LogP contribution in [-0.2, 0) is 0 Å². The molecule has 29 heavy (non-hydrogen) atoms. The van der Waals surface area contributed by atoms with Crippen LogP contribution in [0.2, 0.25) is 0 Å². The van der Waals surface area contributed by atoms with E-state index in [1.807, 2.05) is 30.5 Å². The molecular formula is C20H17N5O3S. The number of hydrogen-bond acceptors (Lipinski definition) is 7. The number of hydrogen-bond donors (Lipinski definition) is 1. The molecule has 146 valence electrons. The normalized spacial score (nSPS) is 10.7. The van der Waals surface area contributed by atoms with Crippen molar-refractivity contribution in [3.8, 4) is 17.5 Å². The van der Waals surface area contributed by atoms with Crippen molar-refractivity contribution in [3.63, 3.8) is 0 Å². The molecule has 0 spiro atoms. The van der Waals surface area contributed by atoms with Crippen LogP contribution in [0.15, 0.2) is 51.7 Å². The number of benzene rings is 1. The van der Waals surface area contributed by atoms with Gasteiger partial charge in [0, 0.05) is 10.4 Å². The van der Waals surface area contributed by atoms with Gasteiger partial charge in [-0.25, -0.2) is 5.43 Å². The number of thiophene rings is 1. The summed E-state index contributed by atoms with van der Waals surface area (Å²) in [6, 6.07) is 12.2. The molecule has 0 saturated heterocycles. The Labute approximate surface area is 170 Å². The Balaban J connectivity index is 1.97. The number of nitriles is 1. The third kappa shape index (κ3) is 4.39. The summed E-state index contributed by atoms with van der Waals surface area (Å²) >= 11 is 1.47. The van der Waals surface area contributed by atoms with Crippen LogP contribution < -0.4 is 15.7 Å². The van der Waals surface area contributed by atoms with Gasteiger partial charge in [-0.1, -0.05) is 6.07 Å². The van der Waals surface area contributed by atoms with Gasteiger partial charge in [-0.2, -0.15) is 20.1 Å². The molecule has 0 aliphatic carbocycles. The molecule has 0 atom stereocenters. The predicted molar refractivity (Wildman–Crippen MR) is 110 cm³/mol. The van der Waals surface area contributed by atoms with Crippen molar-refractivity contribution in [3.05, 3.63) is 73.8 Å². The Morgan fingerprint density at radius 3 is 2.76 bits per heavy atom. The lowest BCUT2D eigenvalue weighted by atomic mass is 10.1. The van der Waals surface area contributed by atoms with Crippen LogP contribution in [0, 0.1) is 18.3 Å². The highest BCUT2D eigenvalue weighted by atomic mass is 32.1. The Morgan fingerprint density at radius 2 is 2.14 bits per heavy atom. The summed E-state index contributed by atoms with van der Waals surface area (Å²) in [5.41, 5.74) is 2.18. The number of carbonyl (C=O) groups excluding carboxylic acids is 1. The fourth-order valence-corrected chi connectivity index (χ4v) is 3.13. The van der Waals surface area contributed by atoms with Gasteiger partial charge < -0.3 is 4.74 Å². The summed E-state index contributed by atoms with van der Waals surface area (Å²) in [5, 5.41) is 19.4. The number of amides is 1. The van der Waals surface area contributed by atoms with Gasteiger partial charge in [0.1, 0.15) is 17.4 Å². The maximum absolute atomic E-state index is 12.7. The second-order valence-corrected chi connectivity index (χ2v) is 6.80. The van der Waals surface area contributed by atoms with E-state index in [1.165, 1.54) is 24.5 Å². The molecule has 0 bridgehead atoms. The van der Waals surface area contributed by atoms with E-state index in [1.54, 1.807) is 24.3 Å². The maximum atomic E-state index is 12.7. The van der Waals surface area contributed by atoms with Crippen molar-refractivity contribution >= 4 is 23.5 Å². The van der Waals surface area contributed by atoms with Crippen molar-refractivity contribution in [1.82, 2.24) is 15.2 Å². The number of hydrazone groups is 1. The minimum atomic E-state index is -0.619. The predicted octanol–water partition coefficient (Wildman–Crippen LogP) is 2.64. The first-order valence-electron chi connectivity index (χ1n) is 8.69. The SMILES string of the molecule is CCOc1ccc(-n2nc(C(=O)N/N=C\c3cccs3)c(C)c(C#N)c2=O)cc1. The molecule has 2 heterocycles. The Kier molecular flexibility index (Phi) is 6.16. The van der Waals surface area contributed by atoms with Gasteiger partial charge in [-0.15, -0.1) is 11.3 Å². The molecular weight excluding hydrogens is 390 g/mol. The highest BCUT2D eigenvalue weighted by molar-refractivity contribution is 7.11. The summed E-state index contributed by atoms with van der Waals surface area (Å²) in [4.78, 5) is 26.1. The van der Waals surface area contributed by atoms with Gasteiger partial charge in [0.2, 0.25) is 0 Å². The molecule has 3 rings (SSSR count). The molecule has 1 N–H and O–H groups in total. The Bertz CT molecular complexity index is 1140. The number of ether oxygens (including phenoxy) is 1. The first kappa shape index (κ1) is 20.0. The Hall–Kier alpha value is -3.77. The monoisotopic (exact) mass is 407 g/mol. The minimum Gasteiger partial charge on any atom is -0.494 e. The van der Waals surface area contributed by atoms with Gasteiger partial charge in [-0.05, 0) is 49.6 Å². The fourth-order valence-electron chi connectivity index (χ4n) is 2.55. The van der Waals surface area contributed by atoms with E-state index < -0.39 is 11.5 Å². The van der Waals surface area contributed by atoms with Gasteiger partial charge >= 0.3 is 0 Å². The molecule has 0 aliphatic rings. The van der Waals surface area contributed by atoms with Crippen molar-refractivity contribution in [2.24, 2.45) is 5.10 Å². The van der Waals surface area contributed by atoms with Gasteiger partial charge in [0.05, 0.1) is 18.5 Å². The van der Waals surface area contributed by atoms with E-state index in [9.17, 15) is 14.9 Å². The molecule has 3 aromatic rings. The third-order valence-electron chi connectivity index (χ3n) is 3.96. The number of nitrogens with zero attached hydrogens (tertiary/aromatic N) is 4. The quantitative estimate of drug-likeness (QED) is 0.499. The van der Waals surface area contributed by atoms with Gasteiger partial charge in [0.15, 0.2) is 5.69 Å². The van der Waals surface area contributed by atoms with Crippen LogP contribution in [0.3, 0.4) is 0 Å². The zero-order valence-electron chi connectivity index (χ0n) is 15.7. The van der Waals surface area contributed by atoms with Crippen LogP contribution in [-0.4, -0.2) is 28.5 Å². The maximum Gasteiger partial charge on any atom is 0.292 e. The largest absolute Gasteiger partial charge is 0.494 e. The standard InChI is InChI=1S/C20H17N5O3S/c1-3-28-15-8-6-14(7-9-15)25-20(27)17(11-21)13(2)18(24-25)19(26)23-22-12-16-5-4-10-29-16/h4-10,12H,3H2,1-2H3,(H,23,26)/b22-12-. The second kappa shape index (κ2) is 8.95. The lowest BCUT2D eigenvalue weighted by Gasteiger charge is -2.11. The van der Waals surface area contributed by atoms with Gasteiger partial charge in [-0.3, -0.25) is 9.59 Å². The topological polar surface area (TPSA) is 109 Å². The molecule has 0 aliphatic heterocycles. The first-order valence-corrected chi connectivity index (χ1v) is 9.57. The lowest BCUT2D eigenvalue weighted by Crippen LogP contribution is -2.31. The van der Waals surface area contributed by atoms with E-state index >= 15 is 0 Å². The smallest absolute Gasteiger partial charge is 0.292 e. The molecule has 8 nitrogen and oxygen atoms in total. The fraction of sp³-hybridized carbons (Fsp3) is 0.150. The van der Waals surface area contributed by atoms with E-state index in [4.69, 9.17) is 4.74 Å². The summed E-state index contributed by atoms with van der Waals surface area (Å²) in [6.45, 7) is 3.88. The lowest BCUT2D eigenvalue weighted by molar-refractivity contribution is 0.0947. The summed E-state index contributed by atoms with van der Waals surface area (Å²) in [5.74, 6) is 0.0179. The van der Waals surface area contributed by atoms with Crippen molar-refractivity contribution in [2.45, 2.75) is 13.8 Å². The van der Waals surface area contributed by atoms with Crippen LogP contribution in [0.1, 0.15) is 33.4 Å². The zero-order valence-corrected chi connectivity index (χ0v) is 16.6. The van der Waals surface area contributed by atoms with Crippen molar-refractivity contribution in [2.75, 3.05) is 6.61 Å². The van der Waals surface area contributed by atoms with Crippen molar-refractivity contribution in [1.29, 1.82) is 5.26 Å². The molecule has 9 heteroatoms. The van der Waals surface area contributed by atoms with E-state index in [-0.39, 0.29) is 16.8 Å². The third-order valence-corrected chi connectivity index (χ3v) is 4.76. The highest BCUT2D eigenvalue weighted by Gasteiger charge is 2.20. The number of aromatic nitrogens is 2. The van der Waals surface area contributed by atoms with Crippen LogP contribution >= 0.6 is 11.3 Å². The van der Waals surface area contributed by atoms with E-state index in [0.717, 1.165) is 9.56 Å². The Morgan fingerprint density at radius 1 is 1.38 bits per heavy atom. The molecule has 1 amide bonds. The number of carbonyl (C=O) groups is 1. The van der Waals surface area contributed by atoms with Crippen LogP contribution in [0.5, 0.6) is 5.75 Å². The summed E-state index contributed by atoms with van der Waals surface area (Å²) in [6.07, 6.45) is 1.51. The number of rotatable bonds is 6. The molecule has 0 fully saturated rings. The molecule has 0 saturated carbocycles. The van der Waals surface area contributed by atoms with E-state index in [0.29, 0.717) is 18.0 Å². The molecule has 0 radical (unpaired) electrons. The zero-order chi connectivity index (χ0) is 20.8. The first-order chi connectivity index (χ1) is 14.0. The number of nitrogens with one attached hydrogen (secondary N) is 1. The van der Waals surface area contributed by atoms with Crippen LogP contribution in [0.4, 0.5) is 0 Å². The summed E-state index contributed by atoms with van der Waals surface area (Å²) in [7, 11) is 0. The van der Waals surface area contributed by atoms with E-state index in [2.05, 4.69) is 15.6 Å². The molecule has 1 aromatic carbocycles. The highest BCUT2D eigenvalue weighted by Crippen LogP contribution is 2.15. The average molecular weight is 407 g/mol. The molecule has 2 aromatic heterocycles. The van der Waals surface area contributed by atoms with Crippen molar-refractivity contribution < 1.29 is 9.53 Å². The molecule has 0 unspecified atom stereocenters. The second-order valence-electron chi connectivity index (χ2n) is 5.82. The average Bonchev–Trinajstić information content (AvgIpc) is 3.23. The van der Waals surface area contributed by atoms with Crippen LogP contribution in [0.25, 0.3) is 5.69 Å².